The van der Waals surface area contributed by atoms with Gasteiger partial charge in [-0.25, -0.2) is 4.79 Å². The molecular formula is C14H28N2O5. The van der Waals surface area contributed by atoms with Crippen molar-refractivity contribution >= 4 is 12.0 Å². The number of nitrogens with one attached hydrogen (secondary N) is 1. The molecule has 0 fully saturated rings. The van der Waals surface area contributed by atoms with Crippen LogP contribution in [0.25, 0.3) is 0 Å². The van der Waals surface area contributed by atoms with Crippen LogP contribution in [0.2, 0.25) is 0 Å². The van der Waals surface area contributed by atoms with Gasteiger partial charge >= 0.3 is 12.0 Å². The molecule has 0 spiro atoms. The van der Waals surface area contributed by atoms with Crippen molar-refractivity contribution in [1.82, 2.24) is 10.2 Å². The van der Waals surface area contributed by atoms with E-state index in [1.165, 1.54) is 4.90 Å². The Balaban J connectivity index is 3.79. The summed E-state index contributed by atoms with van der Waals surface area (Å²) in [6.07, 6.45) is 1.63. The minimum atomic E-state index is -1.00. The fourth-order valence-corrected chi connectivity index (χ4v) is 1.70. The van der Waals surface area contributed by atoms with Crippen molar-refractivity contribution in [1.29, 1.82) is 0 Å². The van der Waals surface area contributed by atoms with Gasteiger partial charge in [-0.15, -0.1) is 0 Å². The van der Waals surface area contributed by atoms with Gasteiger partial charge in [-0.2, -0.15) is 0 Å². The number of carboxylic acids is 1. The third kappa shape index (κ3) is 12.1. The molecule has 0 saturated heterocycles. The Morgan fingerprint density at radius 2 is 1.90 bits per heavy atom. The highest BCUT2D eigenvalue weighted by Gasteiger charge is 2.17. The first-order valence-electron chi connectivity index (χ1n) is 7.28. The summed E-state index contributed by atoms with van der Waals surface area (Å²) in [4.78, 5) is 24.0. The molecule has 7 nitrogen and oxygen atoms in total. The van der Waals surface area contributed by atoms with E-state index in [0.29, 0.717) is 32.9 Å². The molecule has 0 bridgehead atoms. The van der Waals surface area contributed by atoms with Gasteiger partial charge in [-0.3, -0.25) is 4.79 Å². The summed E-state index contributed by atoms with van der Waals surface area (Å²) in [5.74, 6) is -0.776. The lowest BCUT2D eigenvalue weighted by Crippen LogP contribution is -2.44. The lowest BCUT2D eigenvalue weighted by molar-refractivity contribution is -0.137. The van der Waals surface area contributed by atoms with Gasteiger partial charge in [-0.05, 0) is 18.8 Å². The summed E-state index contributed by atoms with van der Waals surface area (Å²) >= 11 is 0. The molecule has 0 radical (unpaired) electrons. The molecule has 0 atom stereocenters. The van der Waals surface area contributed by atoms with Crippen LogP contribution < -0.4 is 5.32 Å². The standard InChI is InChI=1S/C14H28N2O5/c1-12(2)10-16(11-13(17)18)14(19)15-6-4-5-7-21-9-8-20-3/h12H,4-11H2,1-3H3,(H,15,19)(H,17,18). The molecule has 0 aliphatic carbocycles. The predicted molar refractivity (Wildman–Crippen MR) is 79.4 cm³/mol. The first-order chi connectivity index (χ1) is 9.97. The molecule has 0 aliphatic heterocycles. The van der Waals surface area contributed by atoms with Crippen molar-refractivity contribution in [2.75, 3.05) is 46.6 Å². The zero-order chi connectivity index (χ0) is 16.1. The quantitative estimate of drug-likeness (QED) is 0.529. The van der Waals surface area contributed by atoms with Gasteiger partial charge in [0, 0.05) is 26.8 Å². The second-order valence-electron chi connectivity index (χ2n) is 5.21. The third-order valence-corrected chi connectivity index (χ3v) is 2.62. The van der Waals surface area contributed by atoms with Gasteiger partial charge in [0.1, 0.15) is 6.54 Å². The van der Waals surface area contributed by atoms with E-state index >= 15 is 0 Å². The van der Waals surface area contributed by atoms with Crippen molar-refractivity contribution in [3.05, 3.63) is 0 Å². The average Bonchev–Trinajstić information content (AvgIpc) is 2.39. The summed E-state index contributed by atoms with van der Waals surface area (Å²) in [5.41, 5.74) is 0. The minimum absolute atomic E-state index is 0.226. The Morgan fingerprint density at radius 3 is 2.48 bits per heavy atom. The number of methoxy groups -OCH3 is 1. The smallest absolute Gasteiger partial charge is 0.323 e. The van der Waals surface area contributed by atoms with E-state index < -0.39 is 5.97 Å². The minimum Gasteiger partial charge on any atom is -0.480 e. The van der Waals surface area contributed by atoms with Crippen LogP contribution in [0.4, 0.5) is 4.79 Å². The Morgan fingerprint density at radius 1 is 1.19 bits per heavy atom. The van der Waals surface area contributed by atoms with E-state index in [0.717, 1.165) is 12.8 Å². The number of hydrogen-bond acceptors (Lipinski definition) is 4. The first-order valence-corrected chi connectivity index (χ1v) is 7.28. The van der Waals surface area contributed by atoms with Gasteiger partial charge in [0.05, 0.1) is 13.2 Å². The first kappa shape index (κ1) is 19.7. The van der Waals surface area contributed by atoms with Crippen LogP contribution >= 0.6 is 0 Å². The second-order valence-corrected chi connectivity index (χ2v) is 5.21. The number of carbonyl (C=O) groups is 2. The van der Waals surface area contributed by atoms with Crippen LogP contribution in [0.1, 0.15) is 26.7 Å². The molecule has 2 N–H and O–H groups in total. The van der Waals surface area contributed by atoms with Gasteiger partial charge in [-0.1, -0.05) is 13.8 Å². The van der Waals surface area contributed by atoms with Crippen LogP contribution in [0.3, 0.4) is 0 Å². The Hall–Kier alpha value is -1.34. The molecule has 0 unspecified atom stereocenters. The van der Waals surface area contributed by atoms with Crippen LogP contribution in [-0.2, 0) is 14.3 Å². The fraction of sp³-hybridized carbons (Fsp3) is 0.857. The number of unbranched alkanes of at least 4 members (excludes halogenated alkanes) is 1. The molecule has 0 saturated carbocycles. The number of hydrogen-bond donors (Lipinski definition) is 2. The van der Waals surface area contributed by atoms with Gasteiger partial charge in [0.2, 0.25) is 0 Å². The van der Waals surface area contributed by atoms with E-state index in [2.05, 4.69) is 5.32 Å². The molecule has 0 aromatic rings. The maximum atomic E-state index is 11.9. The van der Waals surface area contributed by atoms with Gasteiger partial charge < -0.3 is 24.8 Å². The zero-order valence-corrected chi connectivity index (χ0v) is 13.3. The summed E-state index contributed by atoms with van der Waals surface area (Å²) < 4.78 is 10.2. The molecule has 0 aromatic heterocycles. The number of carboxylic acid groups (broad SMARTS) is 1. The largest absolute Gasteiger partial charge is 0.480 e. The summed E-state index contributed by atoms with van der Waals surface area (Å²) in [7, 11) is 1.62. The van der Waals surface area contributed by atoms with Crippen LogP contribution in [0, 0.1) is 5.92 Å². The Kier molecular flexibility index (Phi) is 11.6. The van der Waals surface area contributed by atoms with E-state index in [-0.39, 0.29) is 18.5 Å². The summed E-state index contributed by atoms with van der Waals surface area (Å²) in [5, 5.41) is 11.5. The van der Waals surface area contributed by atoms with Crippen molar-refractivity contribution in [3.63, 3.8) is 0 Å². The van der Waals surface area contributed by atoms with Crippen LogP contribution in [0.5, 0.6) is 0 Å². The van der Waals surface area contributed by atoms with E-state index in [1.54, 1.807) is 7.11 Å². The van der Waals surface area contributed by atoms with Crippen molar-refractivity contribution in [3.8, 4) is 0 Å². The third-order valence-electron chi connectivity index (χ3n) is 2.62. The second kappa shape index (κ2) is 12.4. The molecule has 0 rings (SSSR count). The topological polar surface area (TPSA) is 88.1 Å². The average molecular weight is 304 g/mol. The molecule has 0 aromatic carbocycles. The van der Waals surface area contributed by atoms with Crippen LogP contribution in [-0.4, -0.2) is 68.6 Å². The van der Waals surface area contributed by atoms with Crippen LogP contribution in [0.15, 0.2) is 0 Å². The highest BCUT2D eigenvalue weighted by Crippen LogP contribution is 1.99. The predicted octanol–water partition coefficient (Wildman–Crippen LogP) is 1.18. The molecule has 2 amide bonds. The number of ether oxygens (including phenoxy) is 2. The SMILES string of the molecule is COCCOCCCCNC(=O)N(CC(=O)O)CC(C)C. The van der Waals surface area contributed by atoms with Crippen molar-refractivity contribution < 1.29 is 24.2 Å². The zero-order valence-electron chi connectivity index (χ0n) is 13.3. The lowest BCUT2D eigenvalue weighted by Gasteiger charge is -2.23. The molecule has 7 heteroatoms. The number of amides is 2. The lowest BCUT2D eigenvalue weighted by atomic mass is 10.2. The summed E-state index contributed by atoms with van der Waals surface area (Å²) in [6.45, 7) is 6.34. The van der Waals surface area contributed by atoms with E-state index in [9.17, 15) is 9.59 Å². The number of carbonyl (C=O) groups excluding carboxylic acids is 1. The molecular weight excluding hydrogens is 276 g/mol. The highest BCUT2D eigenvalue weighted by molar-refractivity contribution is 5.80. The van der Waals surface area contributed by atoms with E-state index in [4.69, 9.17) is 14.6 Å². The Bertz CT molecular complexity index is 297. The summed E-state index contributed by atoms with van der Waals surface area (Å²) in [6, 6.07) is -0.327. The Labute approximate surface area is 126 Å². The number of nitrogens with zero attached hydrogens (tertiary/aromatic N) is 1. The maximum Gasteiger partial charge on any atom is 0.323 e. The number of urea groups is 1. The maximum absolute atomic E-state index is 11.9. The number of rotatable bonds is 12. The molecule has 21 heavy (non-hydrogen) atoms. The van der Waals surface area contributed by atoms with Crippen molar-refractivity contribution in [2.45, 2.75) is 26.7 Å². The van der Waals surface area contributed by atoms with Gasteiger partial charge in [0.15, 0.2) is 0 Å². The van der Waals surface area contributed by atoms with E-state index in [1.807, 2.05) is 13.8 Å². The molecule has 124 valence electrons. The van der Waals surface area contributed by atoms with Crippen molar-refractivity contribution in [2.24, 2.45) is 5.92 Å². The fourth-order valence-electron chi connectivity index (χ4n) is 1.70. The highest BCUT2D eigenvalue weighted by atomic mass is 16.5. The normalized spacial score (nSPS) is 10.7. The van der Waals surface area contributed by atoms with Gasteiger partial charge in [0.25, 0.3) is 0 Å². The molecule has 0 aliphatic rings. The molecule has 0 heterocycles. The number of aliphatic carboxylic acids is 1. The monoisotopic (exact) mass is 304 g/mol.